The smallest absolute Gasteiger partial charge is 0.193 e. The van der Waals surface area contributed by atoms with Crippen LogP contribution >= 0.6 is 0 Å². The number of benzene rings is 1. The maximum atomic E-state index is 4.47. The molecule has 0 spiro atoms. The third-order valence-corrected chi connectivity index (χ3v) is 4.94. The van der Waals surface area contributed by atoms with E-state index in [1.807, 2.05) is 19.4 Å². The topological polar surface area (TPSA) is 48.7 Å². The maximum Gasteiger partial charge on any atom is 0.193 e. The molecule has 0 saturated carbocycles. The van der Waals surface area contributed by atoms with Crippen molar-refractivity contribution in [3.8, 4) is 0 Å². The molecule has 1 saturated heterocycles. The monoisotopic (exact) mass is 354 g/mol. The fraction of sp³-hybridized carbons (Fsp3) is 0.500. The lowest BCUT2D eigenvalue weighted by atomic mass is 10.2. The zero-order valence-electron chi connectivity index (χ0n) is 15.9. The Kier molecular flexibility index (Phi) is 6.52. The molecule has 0 amide bonds. The van der Waals surface area contributed by atoms with E-state index in [4.69, 9.17) is 0 Å². The van der Waals surface area contributed by atoms with Crippen LogP contribution in [0.4, 0.5) is 5.69 Å². The number of nitrogens with zero attached hydrogens (tertiary/aromatic N) is 5. The Morgan fingerprint density at radius 3 is 2.54 bits per heavy atom. The molecule has 1 aliphatic heterocycles. The zero-order chi connectivity index (χ0) is 18.2. The fourth-order valence-corrected chi connectivity index (χ4v) is 3.39. The van der Waals surface area contributed by atoms with Gasteiger partial charge in [-0.25, -0.2) is 4.98 Å². The number of hydrogen-bond donors (Lipinski definition) is 1. The highest BCUT2D eigenvalue weighted by Crippen LogP contribution is 2.15. The van der Waals surface area contributed by atoms with Gasteiger partial charge in [0.1, 0.15) is 5.82 Å². The molecule has 0 aliphatic carbocycles. The van der Waals surface area contributed by atoms with Crippen LogP contribution in [0.15, 0.2) is 47.7 Å². The number of hydrogen-bond acceptors (Lipinski definition) is 3. The van der Waals surface area contributed by atoms with Crippen LogP contribution in [0.5, 0.6) is 0 Å². The lowest BCUT2D eigenvalue weighted by Gasteiger charge is -2.37. The lowest BCUT2D eigenvalue weighted by Crippen LogP contribution is -2.52. The number of guanidine groups is 1. The van der Waals surface area contributed by atoms with Gasteiger partial charge in [0, 0.05) is 64.4 Å². The summed E-state index contributed by atoms with van der Waals surface area (Å²) in [7, 11) is 1.88. The fourth-order valence-electron chi connectivity index (χ4n) is 3.39. The first-order valence-corrected chi connectivity index (χ1v) is 9.51. The van der Waals surface area contributed by atoms with Crippen LogP contribution in [0.3, 0.4) is 0 Å². The van der Waals surface area contributed by atoms with Gasteiger partial charge in [-0.1, -0.05) is 18.2 Å². The number of aliphatic imine (C=N–C) groups is 1. The van der Waals surface area contributed by atoms with E-state index in [9.17, 15) is 0 Å². The highest BCUT2D eigenvalue weighted by atomic mass is 15.3. The molecule has 0 radical (unpaired) electrons. The third kappa shape index (κ3) is 4.77. The molecule has 26 heavy (non-hydrogen) atoms. The van der Waals surface area contributed by atoms with E-state index in [-0.39, 0.29) is 0 Å². The second kappa shape index (κ2) is 9.27. The average Bonchev–Trinajstić information content (AvgIpc) is 3.10. The van der Waals surface area contributed by atoms with E-state index in [0.717, 1.165) is 63.9 Å². The third-order valence-electron chi connectivity index (χ3n) is 4.94. The van der Waals surface area contributed by atoms with Gasteiger partial charge in [0.2, 0.25) is 0 Å². The first-order chi connectivity index (χ1) is 12.8. The van der Waals surface area contributed by atoms with Crippen molar-refractivity contribution in [2.75, 3.05) is 44.7 Å². The predicted molar refractivity (Wildman–Crippen MR) is 108 cm³/mol. The normalized spacial score (nSPS) is 15.4. The SMILES string of the molecule is CN=C(NCCCCn1ccnc1C)N1CCN(c2ccccc2)CC1. The Morgan fingerprint density at radius 1 is 1.12 bits per heavy atom. The van der Waals surface area contributed by atoms with Crippen LogP contribution in [-0.4, -0.2) is 60.2 Å². The number of piperazine rings is 1. The number of aryl methyl sites for hydroxylation is 2. The van der Waals surface area contributed by atoms with Gasteiger partial charge in [0.05, 0.1) is 0 Å². The van der Waals surface area contributed by atoms with Crippen molar-refractivity contribution in [2.24, 2.45) is 4.99 Å². The van der Waals surface area contributed by atoms with E-state index < -0.39 is 0 Å². The molecular weight excluding hydrogens is 324 g/mol. The number of imidazole rings is 1. The zero-order valence-corrected chi connectivity index (χ0v) is 15.9. The molecule has 140 valence electrons. The number of aromatic nitrogens is 2. The molecule has 3 rings (SSSR count). The summed E-state index contributed by atoms with van der Waals surface area (Å²) in [6.07, 6.45) is 6.18. The Balaban J connectivity index is 1.37. The van der Waals surface area contributed by atoms with Crippen molar-refractivity contribution in [1.29, 1.82) is 0 Å². The van der Waals surface area contributed by atoms with Crippen LogP contribution in [0.1, 0.15) is 18.7 Å². The second-order valence-corrected chi connectivity index (χ2v) is 6.66. The molecule has 1 fully saturated rings. The van der Waals surface area contributed by atoms with Crippen molar-refractivity contribution >= 4 is 11.6 Å². The largest absolute Gasteiger partial charge is 0.368 e. The number of para-hydroxylation sites is 1. The van der Waals surface area contributed by atoms with Gasteiger partial charge in [-0.05, 0) is 31.9 Å². The summed E-state index contributed by atoms with van der Waals surface area (Å²) in [6, 6.07) is 10.6. The van der Waals surface area contributed by atoms with Crippen LogP contribution in [0, 0.1) is 6.92 Å². The minimum Gasteiger partial charge on any atom is -0.368 e. The van der Waals surface area contributed by atoms with Gasteiger partial charge in [-0.2, -0.15) is 0 Å². The summed E-state index contributed by atoms with van der Waals surface area (Å²) in [5.74, 6) is 2.11. The molecular formula is C20H30N6. The van der Waals surface area contributed by atoms with Gasteiger partial charge in [-0.15, -0.1) is 0 Å². The first kappa shape index (κ1) is 18.3. The Morgan fingerprint density at radius 2 is 1.88 bits per heavy atom. The van der Waals surface area contributed by atoms with Crippen molar-refractivity contribution in [2.45, 2.75) is 26.3 Å². The quantitative estimate of drug-likeness (QED) is 0.492. The summed E-state index contributed by atoms with van der Waals surface area (Å²) in [4.78, 5) is 13.5. The molecule has 1 aromatic heterocycles. The van der Waals surface area contributed by atoms with Crippen LogP contribution in [-0.2, 0) is 6.54 Å². The molecule has 2 aromatic rings. The molecule has 6 nitrogen and oxygen atoms in total. The standard InChI is InChI=1S/C20H30N6/c1-18-22-11-13-24(18)12-7-6-10-23-20(21-2)26-16-14-25(15-17-26)19-8-4-3-5-9-19/h3-5,8-9,11,13H,6-7,10,12,14-17H2,1-2H3,(H,21,23). The molecule has 1 N–H and O–H groups in total. The van der Waals surface area contributed by atoms with E-state index in [1.165, 1.54) is 5.69 Å². The molecule has 0 atom stereocenters. The van der Waals surface area contributed by atoms with Crippen molar-refractivity contribution in [3.63, 3.8) is 0 Å². The number of nitrogens with one attached hydrogen (secondary N) is 1. The van der Waals surface area contributed by atoms with Crippen LogP contribution in [0.2, 0.25) is 0 Å². The van der Waals surface area contributed by atoms with Crippen molar-refractivity contribution < 1.29 is 0 Å². The van der Waals surface area contributed by atoms with Gasteiger partial charge in [0.15, 0.2) is 5.96 Å². The van der Waals surface area contributed by atoms with Gasteiger partial charge in [-0.3, -0.25) is 4.99 Å². The summed E-state index contributed by atoms with van der Waals surface area (Å²) in [5.41, 5.74) is 1.31. The van der Waals surface area contributed by atoms with Crippen LogP contribution in [0.25, 0.3) is 0 Å². The van der Waals surface area contributed by atoms with Gasteiger partial charge >= 0.3 is 0 Å². The summed E-state index contributed by atoms with van der Waals surface area (Å²) in [5, 5.41) is 3.52. The average molecular weight is 355 g/mol. The maximum absolute atomic E-state index is 4.47. The molecule has 0 unspecified atom stereocenters. The van der Waals surface area contributed by atoms with E-state index in [1.54, 1.807) is 0 Å². The van der Waals surface area contributed by atoms with E-state index in [0.29, 0.717) is 0 Å². The Labute approximate surface area is 156 Å². The second-order valence-electron chi connectivity index (χ2n) is 6.66. The summed E-state index contributed by atoms with van der Waals surface area (Å²) >= 11 is 0. The molecule has 6 heteroatoms. The minimum absolute atomic E-state index is 0.958. The van der Waals surface area contributed by atoms with Crippen LogP contribution < -0.4 is 10.2 Å². The lowest BCUT2D eigenvalue weighted by molar-refractivity contribution is 0.372. The van der Waals surface area contributed by atoms with E-state index >= 15 is 0 Å². The van der Waals surface area contributed by atoms with E-state index in [2.05, 4.69) is 66.9 Å². The van der Waals surface area contributed by atoms with Crippen molar-refractivity contribution in [3.05, 3.63) is 48.5 Å². The Bertz CT molecular complexity index is 685. The minimum atomic E-state index is 0.958. The van der Waals surface area contributed by atoms with Crippen molar-refractivity contribution in [1.82, 2.24) is 19.8 Å². The van der Waals surface area contributed by atoms with Gasteiger partial charge in [0.25, 0.3) is 0 Å². The number of unbranched alkanes of at least 4 members (excludes halogenated alkanes) is 1. The van der Waals surface area contributed by atoms with Gasteiger partial charge < -0.3 is 19.7 Å². The summed E-state index contributed by atoms with van der Waals surface area (Å²) < 4.78 is 2.21. The Hall–Kier alpha value is -2.50. The molecule has 2 heterocycles. The summed E-state index contributed by atoms with van der Waals surface area (Å²) in [6.45, 7) is 8.11. The number of rotatable bonds is 6. The molecule has 1 aliphatic rings. The first-order valence-electron chi connectivity index (χ1n) is 9.51. The highest BCUT2D eigenvalue weighted by Gasteiger charge is 2.19. The molecule has 0 bridgehead atoms. The number of anilines is 1. The molecule has 1 aromatic carbocycles. The highest BCUT2D eigenvalue weighted by molar-refractivity contribution is 5.80. The predicted octanol–water partition coefficient (Wildman–Crippen LogP) is 2.37.